The molecule has 0 radical (unpaired) electrons. The Morgan fingerprint density at radius 2 is 1.74 bits per heavy atom. The van der Waals surface area contributed by atoms with Crippen molar-refractivity contribution in [2.45, 2.75) is 91.3 Å². The number of Topliss-reactive ketones (excluding diaryl/α,β-unsaturated/α-hetero) is 1. The highest BCUT2D eigenvalue weighted by atomic mass is 79.9. The number of nitrogens with one attached hydrogen (secondary N) is 2. The van der Waals surface area contributed by atoms with Gasteiger partial charge in [-0.25, -0.2) is 4.98 Å². The molecule has 1 aliphatic carbocycles. The summed E-state index contributed by atoms with van der Waals surface area (Å²) in [5.74, 6) is -1.86. The van der Waals surface area contributed by atoms with Gasteiger partial charge in [-0.1, -0.05) is 67.4 Å². The molecule has 3 N–H and O–H groups in total. The largest absolute Gasteiger partial charge is 0.393 e. The van der Waals surface area contributed by atoms with E-state index >= 15 is 0 Å². The van der Waals surface area contributed by atoms with E-state index in [9.17, 15) is 19.5 Å². The molecule has 0 aliphatic heterocycles. The van der Waals surface area contributed by atoms with E-state index < -0.39 is 29.4 Å². The number of hydrogen-bond donors (Lipinski definition) is 3. The number of alkyl halides is 1. The number of nitrogens with zero attached hydrogens (tertiary/aromatic N) is 1. The summed E-state index contributed by atoms with van der Waals surface area (Å²) in [4.78, 5) is 45.3. The summed E-state index contributed by atoms with van der Waals surface area (Å²) in [6.07, 6.45) is 2.79. The summed E-state index contributed by atoms with van der Waals surface area (Å²) < 4.78 is 0. The van der Waals surface area contributed by atoms with Crippen molar-refractivity contribution < 1.29 is 19.5 Å². The highest BCUT2D eigenvalue weighted by molar-refractivity contribution is 9.09. The molecule has 2 aromatic rings. The minimum Gasteiger partial charge on any atom is -0.393 e. The van der Waals surface area contributed by atoms with Gasteiger partial charge in [-0.2, -0.15) is 0 Å². The van der Waals surface area contributed by atoms with E-state index in [0.29, 0.717) is 6.42 Å². The van der Waals surface area contributed by atoms with Gasteiger partial charge in [-0.15, -0.1) is 11.3 Å². The second-order valence-electron chi connectivity index (χ2n) is 11.7. The first-order chi connectivity index (χ1) is 18.4. The third kappa shape index (κ3) is 8.44. The van der Waals surface area contributed by atoms with Crippen LogP contribution in [0.4, 0.5) is 0 Å². The standard InChI is InChI=1S/C30H42BrN3O4S/c1-18(20-10-12-21(13-11-20)27-19(2)32-17-39-27)33-29(38)24-16-22(35)15-23(24)26(37)28(30(3,4)5)34-25(36)9-7-6-8-14-31/h10-13,17-18,22-24,28,35H,6-9,14-16H2,1-5H3,(H,33,38)(H,34,36)/t18?,22-,23?,24+,28?/m0/s1. The van der Waals surface area contributed by atoms with Gasteiger partial charge in [0, 0.05) is 17.7 Å². The topological polar surface area (TPSA) is 108 Å². The lowest BCUT2D eigenvalue weighted by molar-refractivity contribution is -0.137. The van der Waals surface area contributed by atoms with Gasteiger partial charge in [-0.3, -0.25) is 14.4 Å². The van der Waals surface area contributed by atoms with Gasteiger partial charge in [0.25, 0.3) is 0 Å². The molecule has 3 rings (SSSR count). The number of aliphatic hydroxyl groups is 1. The predicted octanol–water partition coefficient (Wildman–Crippen LogP) is 5.74. The van der Waals surface area contributed by atoms with E-state index in [1.807, 2.05) is 64.4 Å². The smallest absolute Gasteiger partial charge is 0.224 e. The maximum Gasteiger partial charge on any atom is 0.224 e. The number of halogens is 1. The molecule has 214 valence electrons. The number of amides is 2. The fraction of sp³-hybridized carbons (Fsp3) is 0.600. The zero-order chi connectivity index (χ0) is 28.7. The fourth-order valence-electron chi connectivity index (χ4n) is 5.24. The molecule has 1 aromatic carbocycles. The zero-order valence-electron chi connectivity index (χ0n) is 23.6. The Bertz CT molecular complexity index is 1130. The third-order valence-electron chi connectivity index (χ3n) is 7.51. The van der Waals surface area contributed by atoms with Crippen LogP contribution in [0.25, 0.3) is 10.4 Å². The van der Waals surface area contributed by atoms with Crippen molar-refractivity contribution in [3.05, 3.63) is 41.0 Å². The monoisotopic (exact) mass is 619 g/mol. The molecule has 9 heteroatoms. The van der Waals surface area contributed by atoms with Crippen molar-refractivity contribution in [3.63, 3.8) is 0 Å². The van der Waals surface area contributed by atoms with E-state index in [2.05, 4.69) is 31.5 Å². The molecule has 0 saturated heterocycles. The Balaban J connectivity index is 1.68. The molecule has 1 aromatic heterocycles. The average Bonchev–Trinajstić information content (AvgIpc) is 3.49. The number of carbonyl (C=O) groups excluding carboxylic acids is 3. The maximum absolute atomic E-state index is 13.8. The first kappa shape index (κ1) is 31.4. The Morgan fingerprint density at radius 1 is 1.08 bits per heavy atom. The van der Waals surface area contributed by atoms with Crippen LogP contribution in [0.5, 0.6) is 0 Å². The SMILES string of the molecule is Cc1ncsc1-c1ccc(C(C)NC(=O)[C@@H]2C[C@@H](O)CC2C(=O)C(NC(=O)CCCCCBr)C(C)(C)C)cc1. The van der Waals surface area contributed by atoms with Gasteiger partial charge in [-0.05, 0) is 56.1 Å². The van der Waals surface area contributed by atoms with Crippen molar-refractivity contribution in [1.82, 2.24) is 15.6 Å². The number of aryl methyl sites for hydroxylation is 1. The van der Waals surface area contributed by atoms with Gasteiger partial charge >= 0.3 is 0 Å². The molecule has 1 heterocycles. The lowest BCUT2D eigenvalue weighted by atomic mass is 9.77. The summed E-state index contributed by atoms with van der Waals surface area (Å²) in [7, 11) is 0. The van der Waals surface area contributed by atoms with Crippen molar-refractivity contribution in [3.8, 4) is 10.4 Å². The average molecular weight is 621 g/mol. The lowest BCUT2D eigenvalue weighted by Gasteiger charge is -2.33. The van der Waals surface area contributed by atoms with Crippen LogP contribution in [0.3, 0.4) is 0 Å². The molecule has 3 unspecified atom stereocenters. The van der Waals surface area contributed by atoms with Crippen LogP contribution in [-0.4, -0.2) is 45.2 Å². The summed E-state index contributed by atoms with van der Waals surface area (Å²) in [6, 6.07) is 7.05. The van der Waals surface area contributed by atoms with Gasteiger partial charge < -0.3 is 15.7 Å². The second kappa shape index (κ2) is 14.0. The van der Waals surface area contributed by atoms with Gasteiger partial charge in [0.1, 0.15) is 0 Å². The van der Waals surface area contributed by atoms with Crippen LogP contribution in [0.1, 0.15) is 83.5 Å². The summed E-state index contributed by atoms with van der Waals surface area (Å²) in [5.41, 5.74) is 4.33. The van der Waals surface area contributed by atoms with Crippen LogP contribution >= 0.6 is 27.3 Å². The Labute approximate surface area is 244 Å². The molecule has 1 saturated carbocycles. The molecule has 1 fully saturated rings. The van der Waals surface area contributed by atoms with Crippen LogP contribution in [-0.2, 0) is 14.4 Å². The highest BCUT2D eigenvalue weighted by Gasteiger charge is 2.46. The molecule has 2 amide bonds. The van der Waals surface area contributed by atoms with Crippen molar-refractivity contribution >= 4 is 44.9 Å². The molecule has 0 spiro atoms. The predicted molar refractivity (Wildman–Crippen MR) is 160 cm³/mol. The lowest BCUT2D eigenvalue weighted by Crippen LogP contribution is -2.52. The number of benzene rings is 1. The normalized spacial score (nSPS) is 20.8. The molecule has 7 nitrogen and oxygen atoms in total. The van der Waals surface area contributed by atoms with Crippen LogP contribution in [0.2, 0.25) is 0 Å². The quantitative estimate of drug-likeness (QED) is 0.207. The van der Waals surface area contributed by atoms with Gasteiger partial charge in [0.05, 0.1) is 40.2 Å². The van der Waals surface area contributed by atoms with E-state index in [4.69, 9.17) is 0 Å². The number of aromatic nitrogens is 1. The summed E-state index contributed by atoms with van der Waals surface area (Å²) >= 11 is 5.00. The second-order valence-corrected chi connectivity index (χ2v) is 13.4. The molecular weight excluding hydrogens is 578 g/mol. The zero-order valence-corrected chi connectivity index (χ0v) is 26.0. The van der Waals surface area contributed by atoms with Crippen molar-refractivity contribution in [1.29, 1.82) is 0 Å². The number of ketones is 1. The molecular formula is C30H42BrN3O4S. The number of rotatable bonds is 12. The molecule has 0 bridgehead atoms. The minimum absolute atomic E-state index is 0.150. The van der Waals surface area contributed by atoms with E-state index in [0.717, 1.165) is 46.3 Å². The van der Waals surface area contributed by atoms with E-state index in [1.54, 1.807) is 11.3 Å². The molecule has 39 heavy (non-hydrogen) atoms. The van der Waals surface area contributed by atoms with Gasteiger partial charge in [0.2, 0.25) is 11.8 Å². The van der Waals surface area contributed by atoms with Gasteiger partial charge in [0.15, 0.2) is 5.78 Å². The fourth-order valence-corrected chi connectivity index (χ4v) is 6.45. The number of aliphatic hydroxyl groups excluding tert-OH is 1. The molecule has 5 atom stereocenters. The number of carbonyl (C=O) groups is 3. The van der Waals surface area contributed by atoms with Crippen LogP contribution in [0.15, 0.2) is 29.8 Å². The maximum atomic E-state index is 13.8. The third-order valence-corrected chi connectivity index (χ3v) is 9.05. The van der Waals surface area contributed by atoms with E-state index in [1.165, 1.54) is 0 Å². The van der Waals surface area contributed by atoms with Crippen LogP contribution in [0, 0.1) is 24.2 Å². The summed E-state index contributed by atoms with van der Waals surface area (Å²) in [6.45, 7) is 9.65. The Morgan fingerprint density at radius 3 is 2.33 bits per heavy atom. The van der Waals surface area contributed by atoms with Crippen LogP contribution < -0.4 is 10.6 Å². The molecule has 1 aliphatic rings. The van der Waals surface area contributed by atoms with Crippen molar-refractivity contribution in [2.75, 3.05) is 5.33 Å². The highest BCUT2D eigenvalue weighted by Crippen LogP contribution is 2.37. The van der Waals surface area contributed by atoms with Crippen molar-refractivity contribution in [2.24, 2.45) is 17.3 Å². The number of unbranched alkanes of at least 4 members (excludes halogenated alkanes) is 2. The first-order valence-electron chi connectivity index (χ1n) is 13.8. The first-order valence-corrected chi connectivity index (χ1v) is 15.8. The van der Waals surface area contributed by atoms with E-state index in [-0.39, 0.29) is 36.5 Å². The Kier molecular flexibility index (Phi) is 11.3. The Hall–Kier alpha value is -2.10. The number of hydrogen-bond acceptors (Lipinski definition) is 6. The summed E-state index contributed by atoms with van der Waals surface area (Å²) in [5, 5.41) is 17.4. The number of thiazole rings is 1. The minimum atomic E-state index is -0.730.